The van der Waals surface area contributed by atoms with Gasteiger partial charge < -0.3 is 9.80 Å². The molecule has 0 aromatic carbocycles. The Balaban J connectivity index is 6.20. The van der Waals surface area contributed by atoms with Gasteiger partial charge in [-0.3, -0.25) is 14.5 Å². The van der Waals surface area contributed by atoms with E-state index in [1.807, 2.05) is 0 Å². The van der Waals surface area contributed by atoms with Crippen LogP contribution in [0.1, 0.15) is 204 Å². The molecule has 0 aromatic heterocycles. The summed E-state index contributed by atoms with van der Waals surface area (Å²) in [6.45, 7) is 25.6. The van der Waals surface area contributed by atoms with Gasteiger partial charge in [0, 0.05) is 26.2 Å². The summed E-state index contributed by atoms with van der Waals surface area (Å²) in [5.74, 6) is 2.72. The highest BCUT2D eigenvalue weighted by atomic mass is 16.2. The quantitative estimate of drug-likeness (QED) is 0.0621. The lowest BCUT2D eigenvalue weighted by Gasteiger charge is -2.34. The third kappa shape index (κ3) is 23.9. The molecule has 0 bridgehead atoms. The van der Waals surface area contributed by atoms with Crippen LogP contribution in [-0.2, 0) is 9.59 Å². The maximum atomic E-state index is 14.4. The Morgan fingerprint density at radius 3 is 0.959 bits per heavy atom. The Kier molecular flexibility index (Phi) is 32.0. The summed E-state index contributed by atoms with van der Waals surface area (Å²) in [5.41, 5.74) is 0. The van der Waals surface area contributed by atoms with Crippen LogP contribution >= 0.6 is 0 Å². The molecule has 4 unspecified atom stereocenters. The summed E-state index contributed by atoms with van der Waals surface area (Å²) < 4.78 is 0. The number of amides is 2. The van der Waals surface area contributed by atoms with Crippen molar-refractivity contribution in [3.63, 3.8) is 0 Å². The van der Waals surface area contributed by atoms with Gasteiger partial charge in [-0.2, -0.15) is 0 Å². The fraction of sp³-hybridized carbons (Fsp3) is 0.955. The molecular formula is C44H89N3O2. The van der Waals surface area contributed by atoms with Crippen molar-refractivity contribution in [1.82, 2.24) is 14.7 Å². The van der Waals surface area contributed by atoms with Crippen LogP contribution in [0, 0.1) is 23.7 Å². The van der Waals surface area contributed by atoms with E-state index >= 15 is 0 Å². The van der Waals surface area contributed by atoms with Crippen molar-refractivity contribution in [3.8, 4) is 0 Å². The van der Waals surface area contributed by atoms with Gasteiger partial charge in [0.15, 0.2) is 0 Å². The molecule has 5 nitrogen and oxygen atoms in total. The second kappa shape index (κ2) is 32.8. The first kappa shape index (κ1) is 47.9. The first-order valence-electron chi connectivity index (χ1n) is 22.0. The number of rotatable bonds is 35. The molecule has 0 spiro atoms. The van der Waals surface area contributed by atoms with Gasteiger partial charge in [0.25, 0.3) is 0 Å². The van der Waals surface area contributed by atoms with Gasteiger partial charge in [0.1, 0.15) is 0 Å². The van der Waals surface area contributed by atoms with Crippen molar-refractivity contribution in [3.05, 3.63) is 0 Å². The van der Waals surface area contributed by atoms with Crippen molar-refractivity contribution in [1.29, 1.82) is 0 Å². The van der Waals surface area contributed by atoms with E-state index in [0.29, 0.717) is 36.8 Å². The Bertz CT molecular complexity index is 668. The lowest BCUT2D eigenvalue weighted by molar-refractivity contribution is -0.137. The molecule has 0 aliphatic heterocycles. The molecule has 2 amide bonds. The standard InChI is InChI=1S/C44H89N3O2/c1-10-19-24-25-26-27-32-45(37-43(48)46(33-39(15-6)28-20-11-2)34-40(16-7)29-21-12-3)38-44(49)47(35-41(17-8)30-22-13-4)36-42(18-9)31-23-14-5/h39-42H,10-38H2,1-9H3. The predicted molar refractivity (Wildman–Crippen MR) is 216 cm³/mol. The highest BCUT2D eigenvalue weighted by Gasteiger charge is 2.27. The fourth-order valence-electron chi connectivity index (χ4n) is 7.38. The minimum Gasteiger partial charge on any atom is -0.341 e. The first-order chi connectivity index (χ1) is 23.8. The molecule has 292 valence electrons. The van der Waals surface area contributed by atoms with E-state index in [-0.39, 0.29) is 11.8 Å². The smallest absolute Gasteiger partial charge is 0.236 e. The number of nitrogens with zero attached hydrogens (tertiary/aromatic N) is 3. The first-order valence-corrected chi connectivity index (χ1v) is 22.0. The van der Waals surface area contributed by atoms with Gasteiger partial charge in [-0.15, -0.1) is 0 Å². The van der Waals surface area contributed by atoms with Crippen LogP contribution in [0.25, 0.3) is 0 Å². The zero-order valence-electron chi connectivity index (χ0n) is 35.0. The molecule has 0 N–H and O–H groups in total. The zero-order chi connectivity index (χ0) is 36.7. The van der Waals surface area contributed by atoms with Crippen molar-refractivity contribution in [2.24, 2.45) is 23.7 Å². The normalized spacial score (nSPS) is 14.2. The van der Waals surface area contributed by atoms with Crippen molar-refractivity contribution in [2.45, 2.75) is 204 Å². The number of unbranched alkanes of at least 4 members (excludes halogenated alkanes) is 9. The van der Waals surface area contributed by atoms with Crippen molar-refractivity contribution < 1.29 is 9.59 Å². The monoisotopic (exact) mass is 692 g/mol. The van der Waals surface area contributed by atoms with Crippen LogP contribution in [-0.4, -0.2) is 72.3 Å². The van der Waals surface area contributed by atoms with E-state index in [2.05, 4.69) is 77.0 Å². The van der Waals surface area contributed by atoms with Crippen LogP contribution < -0.4 is 0 Å². The third-order valence-electron chi connectivity index (χ3n) is 11.3. The van der Waals surface area contributed by atoms with E-state index in [4.69, 9.17) is 0 Å². The van der Waals surface area contributed by atoms with Gasteiger partial charge in [0.05, 0.1) is 13.1 Å². The highest BCUT2D eigenvalue weighted by Crippen LogP contribution is 2.22. The predicted octanol–water partition coefficient (Wildman–Crippen LogP) is 12.2. The third-order valence-corrected chi connectivity index (χ3v) is 11.3. The Morgan fingerprint density at radius 2 is 0.673 bits per heavy atom. The molecule has 0 aromatic rings. The molecule has 0 heterocycles. The number of carbonyl (C=O) groups excluding carboxylic acids is 2. The molecule has 0 fully saturated rings. The summed E-state index contributed by atoms with van der Waals surface area (Å²) in [6, 6.07) is 0. The Hall–Kier alpha value is -1.10. The van der Waals surface area contributed by atoms with E-state index in [0.717, 1.165) is 64.8 Å². The molecule has 0 aliphatic carbocycles. The molecule has 4 atom stereocenters. The summed E-state index contributed by atoms with van der Waals surface area (Å²) in [6.07, 6.45) is 26.4. The van der Waals surface area contributed by atoms with E-state index in [9.17, 15) is 9.59 Å². The average Bonchev–Trinajstić information content (AvgIpc) is 3.11. The van der Waals surface area contributed by atoms with Gasteiger partial charge in [-0.05, 0) is 62.3 Å². The van der Waals surface area contributed by atoms with Crippen LogP contribution in [0.15, 0.2) is 0 Å². The molecule has 0 saturated heterocycles. The summed E-state index contributed by atoms with van der Waals surface area (Å²) in [5, 5.41) is 0. The minimum absolute atomic E-state index is 0.249. The average molecular weight is 692 g/mol. The number of carbonyl (C=O) groups is 2. The molecule has 0 saturated carbocycles. The second-order valence-electron chi connectivity index (χ2n) is 15.7. The van der Waals surface area contributed by atoms with Crippen molar-refractivity contribution >= 4 is 11.8 Å². The van der Waals surface area contributed by atoms with Gasteiger partial charge in [-0.25, -0.2) is 0 Å². The molecule has 0 aliphatic rings. The van der Waals surface area contributed by atoms with Crippen LogP contribution in [0.3, 0.4) is 0 Å². The topological polar surface area (TPSA) is 43.9 Å². The van der Waals surface area contributed by atoms with E-state index < -0.39 is 0 Å². The lowest BCUT2D eigenvalue weighted by Crippen LogP contribution is -2.49. The number of hydrogen-bond donors (Lipinski definition) is 0. The summed E-state index contributed by atoms with van der Waals surface area (Å²) in [4.78, 5) is 35.5. The van der Waals surface area contributed by atoms with E-state index in [1.165, 1.54) is 109 Å². The van der Waals surface area contributed by atoms with Crippen molar-refractivity contribution in [2.75, 3.05) is 45.8 Å². The molecule has 49 heavy (non-hydrogen) atoms. The SMILES string of the molecule is CCCCCCCCN(CC(=O)N(CC(CC)CCCC)CC(CC)CCCC)CC(=O)N(CC(CC)CCCC)CC(CC)CCCC. The lowest BCUT2D eigenvalue weighted by atomic mass is 9.95. The maximum absolute atomic E-state index is 14.4. The minimum atomic E-state index is 0.249. The van der Waals surface area contributed by atoms with Crippen LogP contribution in [0.5, 0.6) is 0 Å². The highest BCUT2D eigenvalue weighted by molar-refractivity contribution is 5.81. The largest absolute Gasteiger partial charge is 0.341 e. The Morgan fingerprint density at radius 1 is 0.388 bits per heavy atom. The molecular weight excluding hydrogens is 603 g/mol. The Labute approximate surface area is 308 Å². The number of hydrogen-bond acceptors (Lipinski definition) is 3. The van der Waals surface area contributed by atoms with Crippen LogP contribution in [0.4, 0.5) is 0 Å². The summed E-state index contributed by atoms with van der Waals surface area (Å²) in [7, 11) is 0. The second-order valence-corrected chi connectivity index (χ2v) is 15.7. The van der Waals surface area contributed by atoms with Crippen LogP contribution in [0.2, 0.25) is 0 Å². The molecule has 0 rings (SSSR count). The van der Waals surface area contributed by atoms with Gasteiger partial charge >= 0.3 is 0 Å². The molecule has 0 radical (unpaired) electrons. The summed E-state index contributed by atoms with van der Waals surface area (Å²) >= 11 is 0. The van der Waals surface area contributed by atoms with E-state index in [1.54, 1.807) is 0 Å². The maximum Gasteiger partial charge on any atom is 0.236 e. The molecule has 5 heteroatoms. The van der Waals surface area contributed by atoms with Gasteiger partial charge in [0.2, 0.25) is 11.8 Å². The fourth-order valence-corrected chi connectivity index (χ4v) is 7.38. The zero-order valence-corrected chi connectivity index (χ0v) is 35.0. The van der Waals surface area contributed by atoms with Gasteiger partial charge in [-0.1, -0.05) is 171 Å².